The van der Waals surface area contributed by atoms with Gasteiger partial charge in [0.05, 0.1) is 36.9 Å². The smallest absolute Gasteiger partial charge is 0.265 e. The molecule has 0 spiro atoms. The molecule has 0 saturated heterocycles. The van der Waals surface area contributed by atoms with Crippen molar-refractivity contribution in [2.45, 2.75) is 11.8 Å². The summed E-state index contributed by atoms with van der Waals surface area (Å²) >= 11 is 6.05. The van der Waals surface area contributed by atoms with Gasteiger partial charge in [0.1, 0.15) is 16.3 Å². The average molecular weight is 418 g/mol. The second-order valence-corrected chi connectivity index (χ2v) is 8.29. The SMILES string of the molecule is COc1ccc(Cl)cc1-n1cc(S(=O)(=O)Nc2cc3[nH]ncc3cc2C)cn1. The van der Waals surface area contributed by atoms with Crippen LogP contribution in [0.5, 0.6) is 5.75 Å². The minimum absolute atomic E-state index is 0.0126. The third-order valence-electron chi connectivity index (χ3n) is 4.29. The van der Waals surface area contributed by atoms with Gasteiger partial charge in [0.2, 0.25) is 0 Å². The topological polar surface area (TPSA) is 102 Å². The van der Waals surface area contributed by atoms with E-state index in [0.717, 1.165) is 16.5 Å². The molecule has 0 atom stereocenters. The number of benzene rings is 2. The number of H-pyrrole nitrogens is 1. The van der Waals surface area contributed by atoms with E-state index in [9.17, 15) is 8.42 Å². The number of aromatic amines is 1. The lowest BCUT2D eigenvalue weighted by Gasteiger charge is -2.10. The van der Waals surface area contributed by atoms with Crippen LogP contribution in [0.3, 0.4) is 0 Å². The van der Waals surface area contributed by atoms with Crippen molar-refractivity contribution in [3.8, 4) is 11.4 Å². The zero-order chi connectivity index (χ0) is 19.9. The third kappa shape index (κ3) is 3.30. The van der Waals surface area contributed by atoms with Crippen LogP contribution in [0.1, 0.15) is 5.56 Å². The molecule has 0 aliphatic carbocycles. The average Bonchev–Trinajstić information content (AvgIpc) is 3.31. The third-order valence-corrected chi connectivity index (χ3v) is 5.84. The lowest BCUT2D eigenvalue weighted by molar-refractivity contribution is 0.411. The van der Waals surface area contributed by atoms with E-state index in [1.165, 1.54) is 24.2 Å². The molecule has 8 nitrogen and oxygen atoms in total. The van der Waals surface area contributed by atoms with Crippen LogP contribution in [0.4, 0.5) is 5.69 Å². The molecule has 2 aromatic heterocycles. The van der Waals surface area contributed by atoms with Gasteiger partial charge in [-0.25, -0.2) is 13.1 Å². The first-order valence-electron chi connectivity index (χ1n) is 8.22. The molecule has 0 radical (unpaired) electrons. The van der Waals surface area contributed by atoms with E-state index in [0.29, 0.717) is 22.1 Å². The van der Waals surface area contributed by atoms with Crippen molar-refractivity contribution < 1.29 is 13.2 Å². The molecule has 0 aliphatic rings. The van der Waals surface area contributed by atoms with Gasteiger partial charge in [0.15, 0.2) is 0 Å². The number of halogens is 1. The number of hydrogen-bond acceptors (Lipinski definition) is 5. The predicted molar refractivity (Wildman–Crippen MR) is 107 cm³/mol. The van der Waals surface area contributed by atoms with Crippen molar-refractivity contribution in [2.24, 2.45) is 0 Å². The number of aryl methyl sites for hydroxylation is 1. The van der Waals surface area contributed by atoms with E-state index in [2.05, 4.69) is 20.0 Å². The summed E-state index contributed by atoms with van der Waals surface area (Å²) in [6.07, 6.45) is 4.36. The largest absolute Gasteiger partial charge is 0.494 e. The van der Waals surface area contributed by atoms with Crippen LogP contribution in [0, 0.1) is 6.92 Å². The molecule has 10 heteroatoms. The van der Waals surface area contributed by atoms with Crippen LogP contribution < -0.4 is 9.46 Å². The quantitative estimate of drug-likeness (QED) is 0.517. The van der Waals surface area contributed by atoms with Crippen molar-refractivity contribution in [1.82, 2.24) is 20.0 Å². The molecule has 0 saturated carbocycles. The van der Waals surface area contributed by atoms with Gasteiger partial charge in [-0.05, 0) is 42.8 Å². The lowest BCUT2D eigenvalue weighted by atomic mass is 10.1. The Balaban J connectivity index is 1.69. The highest BCUT2D eigenvalue weighted by Gasteiger charge is 2.19. The Morgan fingerprint density at radius 1 is 1.21 bits per heavy atom. The van der Waals surface area contributed by atoms with Crippen molar-refractivity contribution >= 4 is 38.2 Å². The van der Waals surface area contributed by atoms with E-state index < -0.39 is 10.0 Å². The maximum atomic E-state index is 12.8. The van der Waals surface area contributed by atoms with Gasteiger partial charge in [-0.3, -0.25) is 9.82 Å². The minimum Gasteiger partial charge on any atom is -0.494 e. The molecule has 0 bridgehead atoms. The van der Waals surface area contributed by atoms with Crippen LogP contribution in [0.15, 0.2) is 53.8 Å². The van der Waals surface area contributed by atoms with Gasteiger partial charge in [0.25, 0.3) is 10.0 Å². The van der Waals surface area contributed by atoms with Crippen LogP contribution in [0.2, 0.25) is 5.02 Å². The molecule has 2 N–H and O–H groups in total. The van der Waals surface area contributed by atoms with E-state index in [1.54, 1.807) is 30.5 Å². The number of aromatic nitrogens is 4. The van der Waals surface area contributed by atoms with E-state index in [1.807, 2.05) is 13.0 Å². The molecule has 0 fully saturated rings. The second kappa shape index (κ2) is 6.84. The Morgan fingerprint density at radius 2 is 2.04 bits per heavy atom. The zero-order valence-corrected chi connectivity index (χ0v) is 16.5. The molecule has 4 rings (SSSR count). The minimum atomic E-state index is -3.85. The number of methoxy groups -OCH3 is 1. The highest BCUT2D eigenvalue weighted by Crippen LogP contribution is 2.28. The number of nitrogens with one attached hydrogen (secondary N) is 2. The van der Waals surface area contributed by atoms with Gasteiger partial charge in [-0.1, -0.05) is 11.6 Å². The maximum Gasteiger partial charge on any atom is 0.265 e. The summed E-state index contributed by atoms with van der Waals surface area (Å²) in [5, 5.41) is 12.3. The first-order chi connectivity index (χ1) is 13.4. The Kier molecular flexibility index (Phi) is 4.48. The fraction of sp³-hybridized carbons (Fsp3) is 0.111. The Hall–Kier alpha value is -3.04. The number of fused-ring (bicyclic) bond motifs is 1. The van der Waals surface area contributed by atoms with Gasteiger partial charge in [-0.2, -0.15) is 10.2 Å². The standard InChI is InChI=1S/C18H16ClN5O3S/c1-11-5-12-8-20-22-16(12)7-15(11)23-28(25,26)14-9-21-24(10-14)17-6-13(19)3-4-18(17)27-2/h3-10,23H,1-2H3,(H,20,22). The van der Waals surface area contributed by atoms with E-state index >= 15 is 0 Å². The molecule has 144 valence electrons. The van der Waals surface area contributed by atoms with Crippen LogP contribution in [-0.4, -0.2) is 35.5 Å². The first kappa shape index (κ1) is 18.3. The van der Waals surface area contributed by atoms with Crippen LogP contribution >= 0.6 is 11.6 Å². The predicted octanol–water partition coefficient (Wildman–Crippen LogP) is 3.52. The summed E-state index contributed by atoms with van der Waals surface area (Å²) in [4.78, 5) is 0.0126. The fourth-order valence-corrected chi connectivity index (χ4v) is 4.06. The van der Waals surface area contributed by atoms with Crippen LogP contribution in [0.25, 0.3) is 16.6 Å². The van der Waals surface area contributed by atoms with Gasteiger partial charge in [0, 0.05) is 10.4 Å². The zero-order valence-electron chi connectivity index (χ0n) is 15.0. The van der Waals surface area contributed by atoms with Crippen molar-refractivity contribution in [1.29, 1.82) is 0 Å². The number of nitrogens with zero attached hydrogens (tertiary/aromatic N) is 3. The molecule has 2 heterocycles. The van der Waals surface area contributed by atoms with Gasteiger partial charge in [-0.15, -0.1) is 0 Å². The summed E-state index contributed by atoms with van der Waals surface area (Å²) in [6.45, 7) is 1.82. The Bertz CT molecular complexity index is 1280. The van der Waals surface area contributed by atoms with Crippen molar-refractivity contribution in [2.75, 3.05) is 11.8 Å². The van der Waals surface area contributed by atoms with Crippen LogP contribution in [-0.2, 0) is 10.0 Å². The van der Waals surface area contributed by atoms with Crippen molar-refractivity contribution in [3.63, 3.8) is 0 Å². The number of rotatable bonds is 5. The number of anilines is 1. The number of sulfonamides is 1. The monoisotopic (exact) mass is 417 g/mol. The van der Waals surface area contributed by atoms with Gasteiger partial charge >= 0.3 is 0 Å². The summed E-state index contributed by atoms with van der Waals surface area (Å²) in [7, 11) is -2.33. The summed E-state index contributed by atoms with van der Waals surface area (Å²) < 4.78 is 35.0. The van der Waals surface area contributed by atoms with E-state index in [-0.39, 0.29) is 4.90 Å². The highest BCUT2D eigenvalue weighted by molar-refractivity contribution is 7.92. The normalized spacial score (nSPS) is 11.7. The second-order valence-electron chi connectivity index (χ2n) is 6.17. The number of hydrogen-bond donors (Lipinski definition) is 2. The Morgan fingerprint density at radius 3 is 2.82 bits per heavy atom. The summed E-state index contributed by atoms with van der Waals surface area (Å²) in [5.41, 5.74) is 2.51. The molecule has 0 unspecified atom stereocenters. The molecule has 0 amide bonds. The molecule has 2 aromatic carbocycles. The lowest BCUT2D eigenvalue weighted by Crippen LogP contribution is -2.13. The maximum absolute atomic E-state index is 12.8. The molecular formula is C18H16ClN5O3S. The molecule has 28 heavy (non-hydrogen) atoms. The Labute approximate surface area is 166 Å². The molecule has 4 aromatic rings. The van der Waals surface area contributed by atoms with E-state index in [4.69, 9.17) is 16.3 Å². The van der Waals surface area contributed by atoms with Gasteiger partial charge < -0.3 is 4.74 Å². The molecular weight excluding hydrogens is 402 g/mol. The summed E-state index contributed by atoms with van der Waals surface area (Å²) in [5.74, 6) is 0.518. The fourth-order valence-electron chi connectivity index (χ4n) is 2.84. The number of ether oxygens (including phenoxy) is 1. The first-order valence-corrected chi connectivity index (χ1v) is 10.1. The highest BCUT2D eigenvalue weighted by atomic mass is 35.5. The summed E-state index contributed by atoms with van der Waals surface area (Å²) in [6, 6.07) is 8.58. The van der Waals surface area contributed by atoms with Crippen molar-refractivity contribution in [3.05, 3.63) is 59.5 Å². The molecule has 0 aliphatic heterocycles.